The number of ether oxygens (including phenoxy) is 4. The van der Waals surface area contributed by atoms with Crippen LogP contribution >= 0.6 is 23.2 Å². The van der Waals surface area contributed by atoms with E-state index in [0.717, 1.165) is 0 Å². The fraction of sp³-hybridized carbons (Fsp3) is 0.355. The van der Waals surface area contributed by atoms with Crippen molar-refractivity contribution in [2.24, 2.45) is 0 Å². The molecule has 45 heavy (non-hydrogen) atoms. The SMILES string of the molecule is COc1ccc(S(=O)(=O)N2C(=O)C(c3ccccc3Cl)(N3C[C@H](OC)C[C@H]3C(=O)N(C)C)c3cc(Cl)c(OC)cc32)c(OC)c1. The Labute approximate surface area is 272 Å². The van der Waals surface area contributed by atoms with Crippen LogP contribution in [0.4, 0.5) is 5.69 Å². The van der Waals surface area contributed by atoms with Crippen molar-refractivity contribution in [3.63, 3.8) is 0 Å². The summed E-state index contributed by atoms with van der Waals surface area (Å²) in [6.07, 6.45) is -0.221. The molecule has 14 heteroatoms. The topological polar surface area (TPSA) is 115 Å². The van der Waals surface area contributed by atoms with Gasteiger partial charge in [-0.1, -0.05) is 41.4 Å². The van der Waals surface area contributed by atoms with Crippen LogP contribution in [0.5, 0.6) is 17.2 Å². The van der Waals surface area contributed by atoms with Gasteiger partial charge < -0.3 is 23.8 Å². The number of likely N-dealkylation sites (tertiary alicyclic amines) is 1. The first kappa shape index (κ1) is 32.8. The number of carbonyl (C=O) groups excluding carboxylic acids is 2. The van der Waals surface area contributed by atoms with E-state index in [-0.39, 0.29) is 62.1 Å². The lowest BCUT2D eigenvalue weighted by molar-refractivity contribution is -0.138. The van der Waals surface area contributed by atoms with E-state index in [4.69, 9.17) is 42.1 Å². The number of likely N-dealkylation sites (N-methyl/N-ethyl adjacent to an activating group) is 1. The first-order valence-electron chi connectivity index (χ1n) is 13.8. The summed E-state index contributed by atoms with van der Waals surface area (Å²) < 4.78 is 52.0. The number of fused-ring (bicyclic) bond motifs is 1. The Balaban J connectivity index is 1.89. The van der Waals surface area contributed by atoms with Crippen LogP contribution in [0.3, 0.4) is 0 Å². The van der Waals surface area contributed by atoms with Crippen LogP contribution in [-0.2, 0) is 29.9 Å². The van der Waals surface area contributed by atoms with Crippen molar-refractivity contribution < 1.29 is 37.0 Å². The van der Waals surface area contributed by atoms with E-state index in [9.17, 15) is 13.2 Å². The van der Waals surface area contributed by atoms with Crippen molar-refractivity contribution >= 4 is 50.7 Å². The second kappa shape index (κ2) is 12.3. The number of sulfonamides is 1. The van der Waals surface area contributed by atoms with Crippen molar-refractivity contribution in [1.82, 2.24) is 9.80 Å². The number of halogens is 2. The monoisotopic (exact) mass is 677 g/mol. The van der Waals surface area contributed by atoms with Crippen LogP contribution in [0.2, 0.25) is 10.0 Å². The number of nitrogens with zero attached hydrogens (tertiary/aromatic N) is 3. The van der Waals surface area contributed by atoms with Crippen molar-refractivity contribution in [2.45, 2.75) is 29.0 Å². The number of carbonyl (C=O) groups is 2. The molecule has 0 N–H and O–H groups in total. The van der Waals surface area contributed by atoms with Gasteiger partial charge in [-0.3, -0.25) is 14.5 Å². The van der Waals surface area contributed by atoms with Gasteiger partial charge in [0.15, 0.2) is 5.54 Å². The van der Waals surface area contributed by atoms with Crippen molar-refractivity contribution in [2.75, 3.05) is 53.4 Å². The molecule has 11 nitrogen and oxygen atoms in total. The van der Waals surface area contributed by atoms with Gasteiger partial charge in [0.1, 0.15) is 22.1 Å². The number of amides is 2. The van der Waals surface area contributed by atoms with Gasteiger partial charge in [0.25, 0.3) is 15.9 Å². The van der Waals surface area contributed by atoms with Crippen molar-refractivity contribution in [3.05, 3.63) is 75.8 Å². The van der Waals surface area contributed by atoms with Gasteiger partial charge in [-0.15, -0.1) is 0 Å². The molecule has 1 fully saturated rings. The number of methoxy groups -OCH3 is 4. The largest absolute Gasteiger partial charge is 0.497 e. The molecular formula is C31H33Cl2N3O8S. The molecule has 2 aliphatic rings. The standard InChI is InChI=1S/C31H33Cl2N3O8S/c1-34(2)29(37)25-13-19(42-4)17-35(25)31(20-9-7-8-10-22(20)32)21-15-23(33)26(43-5)16-24(21)36(30(31)38)45(39,40)28-12-11-18(41-3)14-27(28)44-6/h7-12,14-16,19,25H,13,17H2,1-6H3/t19-,25+,31?/m1/s1. The van der Waals surface area contributed by atoms with Gasteiger partial charge >= 0.3 is 0 Å². The third-order valence-electron chi connectivity index (χ3n) is 8.28. The maximum absolute atomic E-state index is 15.3. The number of hydrogen-bond acceptors (Lipinski definition) is 9. The summed E-state index contributed by atoms with van der Waals surface area (Å²) in [5.41, 5.74) is -1.47. The summed E-state index contributed by atoms with van der Waals surface area (Å²) in [4.78, 5) is 31.9. The van der Waals surface area contributed by atoms with E-state index in [2.05, 4.69) is 0 Å². The summed E-state index contributed by atoms with van der Waals surface area (Å²) in [5.74, 6) is -0.738. The Morgan fingerprint density at radius 2 is 1.60 bits per heavy atom. The predicted molar refractivity (Wildman–Crippen MR) is 169 cm³/mol. The van der Waals surface area contributed by atoms with E-state index in [1.165, 1.54) is 63.7 Å². The highest BCUT2D eigenvalue weighted by atomic mass is 35.5. The van der Waals surface area contributed by atoms with Gasteiger partial charge in [0, 0.05) is 56.0 Å². The summed E-state index contributed by atoms with van der Waals surface area (Å²) in [6, 6.07) is 12.8. The van der Waals surface area contributed by atoms with Crippen LogP contribution in [0.1, 0.15) is 17.5 Å². The van der Waals surface area contributed by atoms with Gasteiger partial charge in [-0.05, 0) is 30.7 Å². The zero-order valence-corrected chi connectivity index (χ0v) is 27.9. The number of anilines is 1. The van der Waals surface area contributed by atoms with Crippen LogP contribution in [0, 0.1) is 0 Å². The Kier molecular flexibility index (Phi) is 9.00. The molecule has 3 aromatic rings. The maximum Gasteiger partial charge on any atom is 0.274 e. The van der Waals surface area contributed by atoms with Crippen LogP contribution in [0.25, 0.3) is 0 Å². The molecule has 240 valence electrons. The third kappa shape index (κ3) is 5.08. The zero-order valence-electron chi connectivity index (χ0n) is 25.5. The quantitative estimate of drug-likeness (QED) is 0.329. The lowest BCUT2D eigenvalue weighted by Gasteiger charge is -2.42. The van der Waals surface area contributed by atoms with Gasteiger partial charge in [0.05, 0.1) is 44.2 Å². The zero-order chi connectivity index (χ0) is 32.8. The Bertz CT molecular complexity index is 1770. The highest BCUT2D eigenvalue weighted by Gasteiger charge is 2.64. The lowest BCUT2D eigenvalue weighted by atomic mass is 9.81. The molecule has 0 aromatic heterocycles. The van der Waals surface area contributed by atoms with E-state index < -0.39 is 33.6 Å². The van der Waals surface area contributed by atoms with Gasteiger partial charge in [-0.25, -0.2) is 8.42 Å². The molecule has 2 heterocycles. The average molecular weight is 679 g/mol. The molecule has 0 saturated carbocycles. The average Bonchev–Trinajstić information content (AvgIpc) is 3.57. The predicted octanol–water partition coefficient (Wildman–Crippen LogP) is 4.18. The summed E-state index contributed by atoms with van der Waals surface area (Å²) in [6.45, 7) is 0.0978. The smallest absolute Gasteiger partial charge is 0.274 e. The Morgan fingerprint density at radius 3 is 2.20 bits per heavy atom. The molecule has 2 aliphatic heterocycles. The second-order valence-electron chi connectivity index (χ2n) is 10.8. The normalized spacial score (nSPS) is 21.5. The van der Waals surface area contributed by atoms with E-state index in [0.29, 0.717) is 10.1 Å². The molecule has 2 amide bonds. The molecule has 0 spiro atoms. The molecule has 3 aromatic carbocycles. The molecule has 0 aliphatic carbocycles. The minimum absolute atomic E-state index is 0.0176. The molecule has 3 atom stereocenters. The minimum Gasteiger partial charge on any atom is -0.497 e. The first-order chi connectivity index (χ1) is 21.4. The second-order valence-corrected chi connectivity index (χ2v) is 13.3. The van der Waals surface area contributed by atoms with Gasteiger partial charge in [-0.2, -0.15) is 4.31 Å². The fourth-order valence-corrected chi connectivity index (χ4v) is 8.28. The summed E-state index contributed by atoms with van der Waals surface area (Å²) in [7, 11) is 4.19. The molecule has 1 saturated heterocycles. The number of rotatable bonds is 9. The summed E-state index contributed by atoms with van der Waals surface area (Å²) in [5, 5.41) is 0.307. The molecule has 0 bridgehead atoms. The van der Waals surface area contributed by atoms with Crippen LogP contribution < -0.4 is 18.5 Å². The number of benzene rings is 3. The van der Waals surface area contributed by atoms with E-state index in [1.54, 1.807) is 43.3 Å². The van der Waals surface area contributed by atoms with Crippen molar-refractivity contribution in [3.8, 4) is 17.2 Å². The molecule has 0 radical (unpaired) electrons. The molecule has 5 rings (SSSR count). The molecular weight excluding hydrogens is 645 g/mol. The highest BCUT2D eigenvalue weighted by Crippen LogP contribution is 2.56. The van der Waals surface area contributed by atoms with E-state index in [1.807, 2.05) is 0 Å². The minimum atomic E-state index is -4.69. The van der Waals surface area contributed by atoms with Crippen LogP contribution in [0.15, 0.2) is 59.5 Å². The Morgan fingerprint density at radius 1 is 0.911 bits per heavy atom. The van der Waals surface area contributed by atoms with E-state index >= 15 is 4.79 Å². The Hall–Kier alpha value is -3.55. The number of hydrogen-bond donors (Lipinski definition) is 0. The lowest BCUT2D eigenvalue weighted by Crippen LogP contribution is -2.59. The van der Waals surface area contributed by atoms with Crippen LogP contribution in [-0.4, -0.2) is 91.3 Å². The first-order valence-corrected chi connectivity index (χ1v) is 16.0. The maximum atomic E-state index is 15.3. The summed E-state index contributed by atoms with van der Waals surface area (Å²) >= 11 is 13.6. The van der Waals surface area contributed by atoms with Gasteiger partial charge in [0.2, 0.25) is 5.91 Å². The fourth-order valence-electron chi connectivity index (χ4n) is 6.17. The molecule has 1 unspecified atom stereocenters. The van der Waals surface area contributed by atoms with Crippen molar-refractivity contribution in [1.29, 1.82) is 0 Å². The highest BCUT2D eigenvalue weighted by molar-refractivity contribution is 7.93. The third-order valence-corrected chi connectivity index (χ3v) is 10.6.